The molecule has 0 saturated heterocycles. The van der Waals surface area contributed by atoms with Gasteiger partial charge in [-0.3, -0.25) is 4.79 Å². The fourth-order valence-corrected chi connectivity index (χ4v) is 2.90. The number of amides is 1. The lowest BCUT2D eigenvalue weighted by Crippen LogP contribution is -2.40. The Morgan fingerprint density at radius 3 is 2.63 bits per heavy atom. The van der Waals surface area contributed by atoms with Gasteiger partial charge in [0.25, 0.3) is 5.91 Å². The minimum Gasteiger partial charge on any atom is -0.397 e. The second-order valence-corrected chi connectivity index (χ2v) is 5.40. The number of para-hydroxylation sites is 1. The first-order valence-corrected chi connectivity index (χ1v) is 6.55. The number of anilines is 2. The van der Waals surface area contributed by atoms with Crippen LogP contribution >= 0.6 is 0 Å². The summed E-state index contributed by atoms with van der Waals surface area (Å²) in [7, 11) is 1.83. The molecule has 5 heteroatoms. The molecule has 5 N–H and O–H groups in total. The van der Waals surface area contributed by atoms with Gasteiger partial charge in [-0.25, -0.2) is 0 Å². The van der Waals surface area contributed by atoms with Crippen molar-refractivity contribution in [1.82, 2.24) is 0 Å². The number of carbonyl (C=O) groups excluding carboxylic acids is 1. The molecule has 1 aliphatic carbocycles. The van der Waals surface area contributed by atoms with Crippen molar-refractivity contribution in [3.05, 3.63) is 23.8 Å². The van der Waals surface area contributed by atoms with Crippen LogP contribution in [0.1, 0.15) is 36.0 Å². The number of hydrogen-bond acceptors (Lipinski definition) is 4. The molecule has 19 heavy (non-hydrogen) atoms. The maximum Gasteiger partial charge on any atom is 0.250 e. The van der Waals surface area contributed by atoms with Crippen LogP contribution in [0.2, 0.25) is 0 Å². The van der Waals surface area contributed by atoms with Crippen LogP contribution in [0.25, 0.3) is 0 Å². The first-order chi connectivity index (χ1) is 8.93. The number of hydrogen-bond donors (Lipinski definition) is 3. The summed E-state index contributed by atoms with van der Waals surface area (Å²) in [4.78, 5) is 13.3. The molecular weight excluding hydrogens is 242 g/mol. The fourth-order valence-electron chi connectivity index (χ4n) is 2.90. The molecule has 1 aliphatic rings. The van der Waals surface area contributed by atoms with Gasteiger partial charge in [-0.15, -0.1) is 0 Å². The lowest BCUT2D eigenvalue weighted by molar-refractivity contribution is 0.0559. The van der Waals surface area contributed by atoms with E-state index in [1.54, 1.807) is 18.2 Å². The highest BCUT2D eigenvalue weighted by molar-refractivity contribution is 6.01. The molecule has 0 bridgehead atoms. The summed E-state index contributed by atoms with van der Waals surface area (Å²) in [6.07, 6.45) is 3.65. The summed E-state index contributed by atoms with van der Waals surface area (Å²) in [6.45, 7) is 0.460. The number of benzene rings is 1. The van der Waals surface area contributed by atoms with E-state index in [-0.39, 0.29) is 0 Å². The molecule has 1 fully saturated rings. The maximum atomic E-state index is 11.5. The molecule has 0 spiro atoms. The Labute approximate surface area is 113 Å². The van der Waals surface area contributed by atoms with Crippen LogP contribution in [0.5, 0.6) is 0 Å². The van der Waals surface area contributed by atoms with E-state index in [0.29, 0.717) is 23.5 Å². The summed E-state index contributed by atoms with van der Waals surface area (Å²) < 4.78 is 0. The van der Waals surface area contributed by atoms with Crippen molar-refractivity contribution in [1.29, 1.82) is 0 Å². The quantitative estimate of drug-likeness (QED) is 0.709. The largest absolute Gasteiger partial charge is 0.397 e. The van der Waals surface area contributed by atoms with Gasteiger partial charge >= 0.3 is 0 Å². The van der Waals surface area contributed by atoms with Gasteiger partial charge in [-0.05, 0) is 25.0 Å². The Balaban J connectivity index is 2.28. The van der Waals surface area contributed by atoms with Gasteiger partial charge in [-0.2, -0.15) is 0 Å². The molecule has 1 aromatic rings. The van der Waals surface area contributed by atoms with Gasteiger partial charge in [0.15, 0.2) is 0 Å². The molecule has 0 atom stereocenters. The van der Waals surface area contributed by atoms with E-state index in [0.717, 1.165) is 25.7 Å². The van der Waals surface area contributed by atoms with Crippen LogP contribution in [-0.4, -0.2) is 30.2 Å². The highest BCUT2D eigenvalue weighted by atomic mass is 16.3. The maximum absolute atomic E-state index is 11.5. The number of aliphatic hydroxyl groups is 1. The standard InChI is InChI=1S/C14H21N3O2/c1-17(9-14(19)7-2-3-8-14)12-10(13(16)18)5-4-6-11(12)15/h4-6,19H,2-3,7-9,15H2,1H3,(H2,16,18). The van der Waals surface area contributed by atoms with Crippen molar-refractivity contribution in [2.45, 2.75) is 31.3 Å². The normalized spacial score (nSPS) is 17.4. The van der Waals surface area contributed by atoms with E-state index in [1.807, 2.05) is 11.9 Å². The van der Waals surface area contributed by atoms with Gasteiger partial charge in [-0.1, -0.05) is 18.9 Å². The van der Waals surface area contributed by atoms with Crippen molar-refractivity contribution in [3.63, 3.8) is 0 Å². The molecule has 1 amide bonds. The van der Waals surface area contributed by atoms with Gasteiger partial charge in [0.1, 0.15) is 0 Å². The van der Waals surface area contributed by atoms with Crippen molar-refractivity contribution < 1.29 is 9.90 Å². The third-order valence-electron chi connectivity index (χ3n) is 3.78. The third-order valence-corrected chi connectivity index (χ3v) is 3.78. The van der Waals surface area contributed by atoms with Gasteiger partial charge in [0.05, 0.1) is 22.5 Å². The van der Waals surface area contributed by atoms with Gasteiger partial charge < -0.3 is 21.5 Å². The van der Waals surface area contributed by atoms with E-state index in [9.17, 15) is 9.90 Å². The zero-order valence-electron chi connectivity index (χ0n) is 11.2. The molecule has 0 aliphatic heterocycles. The number of likely N-dealkylation sites (N-methyl/N-ethyl adjacent to an activating group) is 1. The average Bonchev–Trinajstić information content (AvgIpc) is 2.74. The summed E-state index contributed by atoms with van der Waals surface area (Å²) in [5.74, 6) is -0.507. The number of primary amides is 1. The summed E-state index contributed by atoms with van der Waals surface area (Å²) in [6, 6.07) is 5.09. The van der Waals surface area contributed by atoms with Crippen LogP contribution in [-0.2, 0) is 0 Å². The number of nitrogens with two attached hydrogens (primary N) is 2. The SMILES string of the molecule is CN(CC1(O)CCCC1)c1c(N)cccc1C(N)=O. The molecule has 0 aromatic heterocycles. The van der Waals surface area contributed by atoms with Gasteiger partial charge in [0, 0.05) is 13.6 Å². The molecule has 0 unspecified atom stereocenters. The molecule has 5 nitrogen and oxygen atoms in total. The Morgan fingerprint density at radius 2 is 2.05 bits per heavy atom. The minimum atomic E-state index is -0.689. The fraction of sp³-hybridized carbons (Fsp3) is 0.500. The Bertz CT molecular complexity index is 482. The first kappa shape index (κ1) is 13.7. The minimum absolute atomic E-state index is 0.393. The van der Waals surface area contributed by atoms with E-state index < -0.39 is 11.5 Å². The van der Waals surface area contributed by atoms with Crippen LogP contribution < -0.4 is 16.4 Å². The number of carbonyl (C=O) groups is 1. The number of nitrogen functional groups attached to an aromatic ring is 1. The number of nitrogens with zero attached hydrogens (tertiary/aromatic N) is 1. The molecule has 1 saturated carbocycles. The Hall–Kier alpha value is -1.75. The highest BCUT2D eigenvalue weighted by Gasteiger charge is 2.33. The van der Waals surface area contributed by atoms with Gasteiger partial charge in [0.2, 0.25) is 0 Å². The molecule has 0 heterocycles. The van der Waals surface area contributed by atoms with Crippen molar-refractivity contribution in [2.75, 3.05) is 24.2 Å². The van der Waals surface area contributed by atoms with Crippen molar-refractivity contribution in [3.8, 4) is 0 Å². The van der Waals surface area contributed by atoms with Crippen LogP contribution in [0.15, 0.2) is 18.2 Å². The van der Waals surface area contributed by atoms with Crippen molar-refractivity contribution >= 4 is 17.3 Å². The molecule has 0 radical (unpaired) electrons. The van der Waals surface area contributed by atoms with Crippen LogP contribution in [0.4, 0.5) is 11.4 Å². The number of rotatable bonds is 4. The van der Waals surface area contributed by atoms with E-state index in [2.05, 4.69) is 0 Å². The zero-order chi connectivity index (χ0) is 14.0. The summed E-state index contributed by atoms with van der Waals surface area (Å²) in [5, 5.41) is 10.4. The third kappa shape index (κ3) is 2.81. The molecular formula is C14H21N3O2. The average molecular weight is 263 g/mol. The molecule has 1 aromatic carbocycles. The van der Waals surface area contributed by atoms with E-state index >= 15 is 0 Å². The highest BCUT2D eigenvalue weighted by Crippen LogP contribution is 2.33. The monoisotopic (exact) mass is 263 g/mol. The Morgan fingerprint density at radius 1 is 1.42 bits per heavy atom. The lowest BCUT2D eigenvalue weighted by Gasteiger charge is -2.31. The van der Waals surface area contributed by atoms with Crippen LogP contribution in [0.3, 0.4) is 0 Å². The smallest absolute Gasteiger partial charge is 0.250 e. The molecule has 2 rings (SSSR count). The first-order valence-electron chi connectivity index (χ1n) is 6.55. The summed E-state index contributed by atoms with van der Waals surface area (Å²) in [5.41, 5.74) is 12.1. The zero-order valence-corrected chi connectivity index (χ0v) is 11.2. The summed E-state index contributed by atoms with van der Waals surface area (Å²) >= 11 is 0. The van der Waals surface area contributed by atoms with E-state index in [4.69, 9.17) is 11.5 Å². The second kappa shape index (κ2) is 5.09. The predicted octanol–water partition coefficient (Wildman–Crippen LogP) is 1.11. The van der Waals surface area contributed by atoms with E-state index in [1.165, 1.54) is 0 Å². The lowest BCUT2D eigenvalue weighted by atomic mass is 10.0. The Kier molecular flexibility index (Phi) is 3.66. The second-order valence-electron chi connectivity index (χ2n) is 5.40. The van der Waals surface area contributed by atoms with Crippen LogP contribution in [0, 0.1) is 0 Å². The predicted molar refractivity (Wildman–Crippen MR) is 76.1 cm³/mol. The molecule has 104 valence electrons. The topological polar surface area (TPSA) is 92.6 Å². The van der Waals surface area contributed by atoms with Crippen molar-refractivity contribution in [2.24, 2.45) is 5.73 Å².